The van der Waals surface area contributed by atoms with Crippen molar-refractivity contribution in [1.29, 1.82) is 0 Å². The molecular formula is C18H20N2O4S. The minimum atomic E-state index is -0.386. The topological polar surface area (TPSA) is 60.4 Å². The number of methoxy groups -OCH3 is 2. The highest BCUT2D eigenvalue weighted by Gasteiger charge is 2.39. The van der Waals surface area contributed by atoms with Gasteiger partial charge < -0.3 is 19.1 Å². The van der Waals surface area contributed by atoms with E-state index in [0.29, 0.717) is 29.4 Å². The Bertz CT molecular complexity index is 785. The van der Waals surface area contributed by atoms with E-state index in [4.69, 9.17) is 14.2 Å². The third kappa shape index (κ3) is 3.11. The van der Waals surface area contributed by atoms with Crippen molar-refractivity contribution in [3.63, 3.8) is 0 Å². The summed E-state index contributed by atoms with van der Waals surface area (Å²) in [6.45, 7) is 3.92. The summed E-state index contributed by atoms with van der Waals surface area (Å²) in [5.41, 5.74) is 1.98. The Morgan fingerprint density at radius 2 is 2.12 bits per heavy atom. The van der Waals surface area contributed by atoms with E-state index >= 15 is 0 Å². The second-order valence-electron chi connectivity index (χ2n) is 5.43. The van der Waals surface area contributed by atoms with Crippen LogP contribution < -0.4 is 9.47 Å². The van der Waals surface area contributed by atoms with Crippen LogP contribution in [-0.2, 0) is 9.53 Å². The molecular weight excluding hydrogens is 340 g/mol. The molecule has 3 rings (SSSR count). The molecule has 1 atom stereocenters. The molecule has 0 fully saturated rings. The van der Waals surface area contributed by atoms with Gasteiger partial charge in [-0.3, -0.25) is 0 Å². The van der Waals surface area contributed by atoms with Crippen LogP contribution in [-0.4, -0.2) is 36.9 Å². The number of nitrogens with zero attached hydrogens (tertiary/aromatic N) is 2. The van der Waals surface area contributed by atoms with E-state index < -0.39 is 0 Å². The van der Waals surface area contributed by atoms with Gasteiger partial charge in [-0.1, -0.05) is 11.8 Å². The highest BCUT2D eigenvalue weighted by atomic mass is 32.2. The predicted octanol–water partition coefficient (Wildman–Crippen LogP) is 3.47. The lowest BCUT2D eigenvalue weighted by Crippen LogP contribution is -2.34. The average molecular weight is 360 g/mol. The molecule has 2 heterocycles. The number of fused-ring (bicyclic) bond motifs is 1. The minimum absolute atomic E-state index is 0.304. The Hall–Kier alpha value is -2.41. The summed E-state index contributed by atoms with van der Waals surface area (Å²) in [5.74, 6) is 0.992. The highest BCUT2D eigenvalue weighted by Crippen LogP contribution is 2.44. The van der Waals surface area contributed by atoms with E-state index in [1.54, 1.807) is 21.1 Å². The van der Waals surface area contributed by atoms with Gasteiger partial charge in [0.15, 0.2) is 5.17 Å². The fourth-order valence-electron chi connectivity index (χ4n) is 2.93. The van der Waals surface area contributed by atoms with Crippen LogP contribution in [0.2, 0.25) is 0 Å². The monoisotopic (exact) mass is 360 g/mol. The third-order valence-corrected chi connectivity index (χ3v) is 4.82. The second kappa shape index (κ2) is 7.23. The number of rotatable bonds is 5. The second-order valence-corrected chi connectivity index (χ2v) is 6.31. The molecule has 2 aliphatic heterocycles. The molecule has 0 radical (unpaired) electrons. The molecule has 25 heavy (non-hydrogen) atoms. The first kappa shape index (κ1) is 17.4. The number of carbonyl (C=O) groups is 1. The molecule has 0 saturated carbocycles. The molecule has 0 unspecified atom stereocenters. The molecule has 1 aromatic rings. The number of ether oxygens (including phenoxy) is 3. The van der Waals surface area contributed by atoms with Crippen LogP contribution in [0.25, 0.3) is 0 Å². The third-order valence-electron chi connectivity index (χ3n) is 4.05. The number of benzene rings is 1. The van der Waals surface area contributed by atoms with Crippen LogP contribution in [0.1, 0.15) is 25.5 Å². The van der Waals surface area contributed by atoms with Crippen molar-refractivity contribution < 1.29 is 19.0 Å². The molecule has 1 aromatic carbocycles. The standard InChI is InChI=1S/C18H20N2O4S/c1-5-24-17(21)15-11(2)19-18-20(8-9-25-18)16(15)13-10-12(22-3)6-7-14(13)23-4/h6-10,16H,5H2,1-4H3/t16-/m0/s1. The molecule has 6 nitrogen and oxygen atoms in total. The molecule has 132 valence electrons. The van der Waals surface area contributed by atoms with Crippen molar-refractivity contribution >= 4 is 22.9 Å². The van der Waals surface area contributed by atoms with Gasteiger partial charge >= 0.3 is 5.97 Å². The Balaban J connectivity index is 2.18. The molecule has 2 aliphatic rings. The van der Waals surface area contributed by atoms with Gasteiger partial charge in [0, 0.05) is 11.8 Å². The Morgan fingerprint density at radius 1 is 1.32 bits per heavy atom. The van der Waals surface area contributed by atoms with Gasteiger partial charge in [-0.2, -0.15) is 0 Å². The van der Waals surface area contributed by atoms with Crippen LogP contribution >= 0.6 is 11.8 Å². The van der Waals surface area contributed by atoms with E-state index in [-0.39, 0.29) is 12.0 Å². The van der Waals surface area contributed by atoms with Gasteiger partial charge in [0.05, 0.1) is 38.1 Å². The zero-order valence-electron chi connectivity index (χ0n) is 14.6. The molecule has 7 heteroatoms. The zero-order valence-corrected chi connectivity index (χ0v) is 15.4. The first-order valence-corrected chi connectivity index (χ1v) is 8.78. The zero-order chi connectivity index (χ0) is 18.0. The van der Waals surface area contributed by atoms with Crippen LogP contribution in [0.4, 0.5) is 0 Å². The number of hydrogen-bond acceptors (Lipinski definition) is 7. The Morgan fingerprint density at radius 3 is 2.80 bits per heavy atom. The largest absolute Gasteiger partial charge is 0.497 e. The summed E-state index contributed by atoms with van der Waals surface area (Å²) in [6, 6.07) is 5.17. The summed E-state index contributed by atoms with van der Waals surface area (Å²) < 4.78 is 16.2. The molecule has 0 bridgehead atoms. The number of thioether (sulfide) groups is 1. The van der Waals surface area contributed by atoms with Crippen molar-refractivity contribution in [3.05, 3.63) is 46.6 Å². The van der Waals surface area contributed by atoms with E-state index in [1.165, 1.54) is 11.8 Å². The minimum Gasteiger partial charge on any atom is -0.497 e. The lowest BCUT2D eigenvalue weighted by molar-refractivity contribution is -0.139. The van der Waals surface area contributed by atoms with Gasteiger partial charge in [0.2, 0.25) is 0 Å². The smallest absolute Gasteiger partial charge is 0.338 e. The summed E-state index contributed by atoms with van der Waals surface area (Å²) in [4.78, 5) is 19.2. The summed E-state index contributed by atoms with van der Waals surface area (Å²) >= 11 is 1.52. The van der Waals surface area contributed by atoms with Gasteiger partial charge in [0.1, 0.15) is 11.5 Å². The number of esters is 1. The summed E-state index contributed by atoms with van der Waals surface area (Å²) in [7, 11) is 3.22. The van der Waals surface area contributed by atoms with E-state index in [0.717, 1.165) is 10.7 Å². The van der Waals surface area contributed by atoms with Gasteiger partial charge in [-0.25, -0.2) is 9.79 Å². The fourth-order valence-corrected chi connectivity index (χ4v) is 3.72. The maximum absolute atomic E-state index is 12.7. The summed E-state index contributed by atoms with van der Waals surface area (Å²) in [6.07, 6.45) is 1.92. The van der Waals surface area contributed by atoms with Crippen LogP contribution in [0.3, 0.4) is 0 Å². The van der Waals surface area contributed by atoms with Crippen LogP contribution in [0.15, 0.2) is 46.1 Å². The van der Waals surface area contributed by atoms with Gasteiger partial charge in [-0.15, -0.1) is 0 Å². The number of amidine groups is 1. The molecule has 0 saturated heterocycles. The molecule has 0 aromatic heterocycles. The number of carbonyl (C=O) groups excluding carboxylic acids is 1. The lowest BCUT2D eigenvalue weighted by atomic mass is 9.94. The molecule has 0 amide bonds. The van der Waals surface area contributed by atoms with Crippen molar-refractivity contribution in [2.24, 2.45) is 4.99 Å². The number of aliphatic imine (C=N–C) groups is 1. The molecule has 0 N–H and O–H groups in total. The maximum Gasteiger partial charge on any atom is 0.338 e. The number of allylic oxidation sites excluding steroid dienone is 1. The maximum atomic E-state index is 12.7. The SMILES string of the molecule is CCOC(=O)C1=C(C)N=C2SC=CN2[C@H]1c1cc(OC)ccc1OC. The molecule has 0 spiro atoms. The van der Waals surface area contributed by atoms with E-state index in [1.807, 2.05) is 41.6 Å². The number of hydrogen-bond donors (Lipinski definition) is 0. The lowest BCUT2D eigenvalue weighted by Gasteiger charge is -2.34. The molecule has 0 aliphatic carbocycles. The van der Waals surface area contributed by atoms with Crippen molar-refractivity contribution in [3.8, 4) is 11.5 Å². The van der Waals surface area contributed by atoms with Crippen molar-refractivity contribution in [1.82, 2.24) is 4.90 Å². The Labute approximate surface area is 151 Å². The van der Waals surface area contributed by atoms with Crippen molar-refractivity contribution in [2.75, 3.05) is 20.8 Å². The quantitative estimate of drug-likeness (QED) is 0.750. The van der Waals surface area contributed by atoms with Gasteiger partial charge in [-0.05, 0) is 37.5 Å². The van der Waals surface area contributed by atoms with Gasteiger partial charge in [0.25, 0.3) is 0 Å². The Kier molecular flexibility index (Phi) is 5.03. The average Bonchev–Trinajstić information content (AvgIpc) is 3.07. The van der Waals surface area contributed by atoms with E-state index in [9.17, 15) is 4.79 Å². The van der Waals surface area contributed by atoms with Crippen LogP contribution in [0, 0.1) is 0 Å². The van der Waals surface area contributed by atoms with Crippen molar-refractivity contribution in [2.45, 2.75) is 19.9 Å². The predicted molar refractivity (Wildman–Crippen MR) is 97.6 cm³/mol. The highest BCUT2D eigenvalue weighted by molar-refractivity contribution is 8.16. The normalized spacial score (nSPS) is 18.8. The summed E-state index contributed by atoms with van der Waals surface area (Å²) in [5, 5.41) is 2.76. The fraction of sp³-hybridized carbons (Fsp3) is 0.333. The van der Waals surface area contributed by atoms with Crippen LogP contribution in [0.5, 0.6) is 11.5 Å². The van der Waals surface area contributed by atoms with E-state index in [2.05, 4.69) is 4.99 Å². The first-order chi connectivity index (χ1) is 12.1. The first-order valence-electron chi connectivity index (χ1n) is 7.90.